The second-order valence-electron chi connectivity index (χ2n) is 5.82. The van der Waals surface area contributed by atoms with Gasteiger partial charge in [0, 0.05) is 5.54 Å². The fourth-order valence-corrected chi connectivity index (χ4v) is 3.13. The van der Waals surface area contributed by atoms with E-state index in [9.17, 15) is 0 Å². The molecule has 0 aliphatic carbocycles. The molecule has 21 heavy (non-hydrogen) atoms. The number of nitrogens with two attached hydrogens (primary N) is 5. The summed E-state index contributed by atoms with van der Waals surface area (Å²) in [6.07, 6.45) is 7.19. The maximum Gasteiger partial charge on any atom is 0.0222 e. The van der Waals surface area contributed by atoms with E-state index in [1.807, 2.05) is 0 Å². The first-order chi connectivity index (χ1) is 10.2. The molecule has 0 aromatic carbocycles. The maximum absolute atomic E-state index is 5.91. The molecule has 10 N–H and O–H groups in total. The molecule has 0 saturated heterocycles. The van der Waals surface area contributed by atoms with Crippen LogP contribution in [0.1, 0.15) is 44.9 Å². The van der Waals surface area contributed by atoms with E-state index in [0.29, 0.717) is 19.6 Å². The van der Waals surface area contributed by atoms with Crippen LogP contribution in [0.25, 0.3) is 0 Å². The van der Waals surface area contributed by atoms with Gasteiger partial charge in [-0.05, 0) is 90.8 Å². The lowest BCUT2D eigenvalue weighted by Crippen LogP contribution is -2.52. The van der Waals surface area contributed by atoms with E-state index in [4.69, 9.17) is 28.7 Å². The molecule has 0 aromatic heterocycles. The molecule has 6 nitrogen and oxygen atoms in total. The number of hydrogen-bond donors (Lipinski definition) is 5. The van der Waals surface area contributed by atoms with Gasteiger partial charge in [-0.15, -0.1) is 0 Å². The average Bonchev–Trinajstić information content (AvgIpc) is 2.50. The molecule has 0 atom stereocenters. The first kappa shape index (κ1) is 20.8. The summed E-state index contributed by atoms with van der Waals surface area (Å²) in [5.74, 6) is 0. The van der Waals surface area contributed by atoms with Crippen molar-refractivity contribution in [1.29, 1.82) is 0 Å². The van der Waals surface area contributed by atoms with Crippen LogP contribution in [0.5, 0.6) is 0 Å². The van der Waals surface area contributed by atoms with Gasteiger partial charge in [-0.2, -0.15) is 0 Å². The summed E-state index contributed by atoms with van der Waals surface area (Å²) in [6.45, 7) is 5.57. The van der Waals surface area contributed by atoms with Crippen LogP contribution < -0.4 is 28.7 Å². The Morgan fingerprint density at radius 2 is 0.952 bits per heavy atom. The highest BCUT2D eigenvalue weighted by molar-refractivity contribution is 4.91. The minimum Gasteiger partial charge on any atom is -0.330 e. The fraction of sp³-hybridized carbons (Fsp3) is 1.00. The minimum absolute atomic E-state index is 0.109. The lowest BCUT2D eigenvalue weighted by Gasteiger charge is -2.45. The summed E-state index contributed by atoms with van der Waals surface area (Å²) in [7, 11) is 0. The summed E-state index contributed by atoms with van der Waals surface area (Å²) < 4.78 is 0. The Bertz CT molecular complexity index is 208. The maximum atomic E-state index is 5.91. The smallest absolute Gasteiger partial charge is 0.0222 e. The van der Waals surface area contributed by atoms with Crippen molar-refractivity contribution in [2.24, 2.45) is 28.7 Å². The Balaban J connectivity index is 5.05. The molecule has 0 fully saturated rings. The molecule has 6 heteroatoms. The van der Waals surface area contributed by atoms with Crippen LogP contribution in [-0.2, 0) is 0 Å². The van der Waals surface area contributed by atoms with Crippen molar-refractivity contribution in [3.8, 4) is 0 Å². The number of nitrogens with zero attached hydrogens (tertiary/aromatic N) is 1. The highest BCUT2D eigenvalue weighted by atomic mass is 15.2. The molecule has 0 aliphatic rings. The highest BCUT2D eigenvalue weighted by Gasteiger charge is 2.34. The van der Waals surface area contributed by atoms with Crippen molar-refractivity contribution in [3.05, 3.63) is 0 Å². The second kappa shape index (κ2) is 13.4. The van der Waals surface area contributed by atoms with Crippen molar-refractivity contribution in [2.45, 2.75) is 50.5 Å². The van der Waals surface area contributed by atoms with Gasteiger partial charge in [0.1, 0.15) is 0 Å². The molecule has 0 amide bonds. The fourth-order valence-electron chi connectivity index (χ4n) is 3.13. The minimum atomic E-state index is 0.109. The standard InChI is InChI=1S/C15H38N6/c16-8-1-5-15(7-12-20,6-2-9-17)21(13-3-10-18)14-4-11-19/h1-14,16-20H2. The van der Waals surface area contributed by atoms with Crippen LogP contribution in [0.2, 0.25) is 0 Å². The molecule has 0 spiro atoms. The zero-order valence-corrected chi connectivity index (χ0v) is 13.7. The first-order valence-electron chi connectivity index (χ1n) is 8.46. The molecular formula is C15H38N6. The van der Waals surface area contributed by atoms with Gasteiger partial charge >= 0.3 is 0 Å². The zero-order valence-electron chi connectivity index (χ0n) is 13.7. The molecule has 0 aromatic rings. The van der Waals surface area contributed by atoms with E-state index in [2.05, 4.69) is 4.90 Å². The molecule has 0 saturated carbocycles. The SMILES string of the molecule is NCCCN(CCCN)C(CCN)(CCCN)CCCN. The zero-order chi connectivity index (χ0) is 16.0. The van der Waals surface area contributed by atoms with Crippen LogP contribution in [0.4, 0.5) is 0 Å². The predicted octanol–water partition coefficient (Wildman–Crippen LogP) is -0.449. The van der Waals surface area contributed by atoms with E-state index in [1.165, 1.54) is 0 Å². The number of hydrogen-bond acceptors (Lipinski definition) is 6. The molecular weight excluding hydrogens is 264 g/mol. The molecule has 0 rings (SSSR count). The number of rotatable bonds is 15. The van der Waals surface area contributed by atoms with E-state index >= 15 is 0 Å². The van der Waals surface area contributed by atoms with Crippen LogP contribution in [0, 0.1) is 0 Å². The van der Waals surface area contributed by atoms with Crippen molar-refractivity contribution in [1.82, 2.24) is 4.90 Å². The summed E-state index contributed by atoms with van der Waals surface area (Å²) in [5.41, 5.74) is 28.9. The van der Waals surface area contributed by atoms with Crippen molar-refractivity contribution in [2.75, 3.05) is 45.8 Å². The molecule has 0 heterocycles. The molecule has 0 aliphatic heterocycles. The second-order valence-corrected chi connectivity index (χ2v) is 5.82. The van der Waals surface area contributed by atoms with Crippen molar-refractivity contribution < 1.29 is 0 Å². The van der Waals surface area contributed by atoms with Gasteiger partial charge in [0.2, 0.25) is 0 Å². The average molecular weight is 303 g/mol. The summed E-state index contributed by atoms with van der Waals surface area (Å²) in [5, 5.41) is 0. The first-order valence-corrected chi connectivity index (χ1v) is 8.46. The van der Waals surface area contributed by atoms with E-state index in [0.717, 1.165) is 71.1 Å². The lowest BCUT2D eigenvalue weighted by molar-refractivity contribution is 0.0580. The van der Waals surface area contributed by atoms with Gasteiger partial charge in [-0.25, -0.2) is 0 Å². The highest BCUT2D eigenvalue weighted by Crippen LogP contribution is 2.31. The Kier molecular flexibility index (Phi) is 13.3. The molecule has 0 unspecified atom stereocenters. The van der Waals surface area contributed by atoms with Crippen molar-refractivity contribution in [3.63, 3.8) is 0 Å². The predicted molar refractivity (Wildman–Crippen MR) is 91.9 cm³/mol. The van der Waals surface area contributed by atoms with Crippen LogP contribution in [0.15, 0.2) is 0 Å². The van der Waals surface area contributed by atoms with Crippen LogP contribution in [-0.4, -0.2) is 56.3 Å². The van der Waals surface area contributed by atoms with Gasteiger partial charge in [-0.3, -0.25) is 4.90 Å². The molecule has 0 radical (unpaired) electrons. The van der Waals surface area contributed by atoms with Gasteiger partial charge in [-0.1, -0.05) is 0 Å². The third kappa shape index (κ3) is 8.09. The third-order valence-electron chi connectivity index (χ3n) is 4.24. The van der Waals surface area contributed by atoms with Crippen molar-refractivity contribution >= 4 is 0 Å². The van der Waals surface area contributed by atoms with Gasteiger partial charge in [0.05, 0.1) is 0 Å². The normalized spacial score (nSPS) is 12.3. The molecule has 128 valence electrons. The van der Waals surface area contributed by atoms with Crippen LogP contribution in [0.3, 0.4) is 0 Å². The Labute approximate surface area is 130 Å². The summed E-state index contributed by atoms with van der Waals surface area (Å²) >= 11 is 0. The largest absolute Gasteiger partial charge is 0.330 e. The Hall–Kier alpha value is -0.240. The summed E-state index contributed by atoms with van der Waals surface area (Å²) in [4.78, 5) is 2.56. The lowest BCUT2D eigenvalue weighted by atomic mass is 9.82. The van der Waals surface area contributed by atoms with E-state index in [1.54, 1.807) is 0 Å². The summed E-state index contributed by atoms with van der Waals surface area (Å²) in [6, 6.07) is 0. The van der Waals surface area contributed by atoms with E-state index in [-0.39, 0.29) is 5.54 Å². The van der Waals surface area contributed by atoms with Gasteiger partial charge in [0.15, 0.2) is 0 Å². The van der Waals surface area contributed by atoms with Crippen LogP contribution >= 0.6 is 0 Å². The third-order valence-corrected chi connectivity index (χ3v) is 4.24. The Morgan fingerprint density at radius 3 is 1.29 bits per heavy atom. The monoisotopic (exact) mass is 302 g/mol. The van der Waals surface area contributed by atoms with E-state index < -0.39 is 0 Å². The quantitative estimate of drug-likeness (QED) is 0.278. The van der Waals surface area contributed by atoms with Gasteiger partial charge in [0.25, 0.3) is 0 Å². The van der Waals surface area contributed by atoms with Gasteiger partial charge < -0.3 is 28.7 Å². The topological polar surface area (TPSA) is 133 Å². The Morgan fingerprint density at radius 1 is 0.524 bits per heavy atom. The molecule has 0 bridgehead atoms.